The zero-order valence-corrected chi connectivity index (χ0v) is 27.2. The van der Waals surface area contributed by atoms with Gasteiger partial charge in [-0.1, -0.05) is 127 Å². The molecule has 0 amide bonds. The van der Waals surface area contributed by atoms with Crippen molar-refractivity contribution in [3.8, 4) is 44.5 Å². The number of benzene rings is 6. The summed E-state index contributed by atoms with van der Waals surface area (Å²) in [5.41, 5.74) is 9.41. The summed E-state index contributed by atoms with van der Waals surface area (Å²) < 4.78 is 12.6. The Kier molecular flexibility index (Phi) is 7.09. The second-order valence-electron chi connectivity index (χ2n) is 13.4. The minimum absolute atomic E-state index is 0.421. The van der Waals surface area contributed by atoms with Gasteiger partial charge in [0.25, 0.3) is 0 Å². The fourth-order valence-corrected chi connectivity index (χ4v) is 6.73. The molecule has 1 aliphatic rings. The van der Waals surface area contributed by atoms with Gasteiger partial charge in [0.1, 0.15) is 0 Å². The molecular formula is C43H36BNO2. The topological polar surface area (TPSA) is 31.4 Å². The minimum Gasteiger partial charge on any atom is -0.398 e. The van der Waals surface area contributed by atoms with Crippen molar-refractivity contribution in [3.63, 3.8) is 0 Å². The number of hydrogen-bond acceptors (Lipinski definition) is 3. The fourth-order valence-electron chi connectivity index (χ4n) is 6.73. The smallest absolute Gasteiger partial charge is 0.398 e. The summed E-state index contributed by atoms with van der Waals surface area (Å²) in [5.74, 6) is 0. The van der Waals surface area contributed by atoms with Crippen LogP contribution in [0.4, 0.5) is 0 Å². The first-order valence-electron chi connectivity index (χ1n) is 16.3. The van der Waals surface area contributed by atoms with Crippen LogP contribution in [0.25, 0.3) is 66.1 Å². The highest BCUT2D eigenvalue weighted by atomic mass is 16.7. The monoisotopic (exact) mass is 609 g/mol. The average Bonchev–Trinajstić information content (AvgIpc) is 3.33. The molecule has 0 unspecified atom stereocenters. The number of fused-ring (bicyclic) bond motifs is 2. The lowest BCUT2D eigenvalue weighted by Crippen LogP contribution is -2.41. The SMILES string of the molecule is CC1(C)OB(c2ccc(-c3c4ccccc4c(-c4ccc(-c5ccccc5)cc4)c4cc(-c5ccccc5)ccc34)cn2)OC1(C)C. The van der Waals surface area contributed by atoms with Crippen molar-refractivity contribution in [2.24, 2.45) is 0 Å². The molecule has 0 radical (unpaired) electrons. The van der Waals surface area contributed by atoms with Gasteiger partial charge in [0.15, 0.2) is 0 Å². The van der Waals surface area contributed by atoms with E-state index in [2.05, 4.69) is 161 Å². The van der Waals surface area contributed by atoms with Gasteiger partial charge >= 0.3 is 7.12 Å². The molecule has 1 fully saturated rings. The number of hydrogen-bond donors (Lipinski definition) is 0. The molecule has 0 aliphatic carbocycles. The summed E-state index contributed by atoms with van der Waals surface area (Å²) in [6.07, 6.45) is 1.97. The molecule has 228 valence electrons. The molecule has 1 aromatic heterocycles. The van der Waals surface area contributed by atoms with E-state index < -0.39 is 18.3 Å². The van der Waals surface area contributed by atoms with Crippen molar-refractivity contribution in [1.82, 2.24) is 4.98 Å². The number of pyridine rings is 1. The highest BCUT2D eigenvalue weighted by Gasteiger charge is 2.52. The molecule has 0 N–H and O–H groups in total. The molecule has 0 spiro atoms. The Labute approximate surface area is 277 Å². The maximum Gasteiger partial charge on any atom is 0.514 e. The predicted molar refractivity (Wildman–Crippen MR) is 197 cm³/mol. The maximum absolute atomic E-state index is 6.31. The van der Waals surface area contributed by atoms with Crippen LogP contribution in [0.5, 0.6) is 0 Å². The minimum atomic E-state index is -0.503. The van der Waals surface area contributed by atoms with Gasteiger partial charge in [-0.25, -0.2) is 0 Å². The first-order chi connectivity index (χ1) is 22.8. The van der Waals surface area contributed by atoms with Crippen molar-refractivity contribution in [1.29, 1.82) is 0 Å². The van der Waals surface area contributed by atoms with Crippen LogP contribution in [0.3, 0.4) is 0 Å². The summed E-state index contributed by atoms with van der Waals surface area (Å²) in [7, 11) is -0.503. The third-order valence-corrected chi connectivity index (χ3v) is 9.98. The molecule has 7 aromatic rings. The largest absolute Gasteiger partial charge is 0.514 e. The highest BCUT2D eigenvalue weighted by molar-refractivity contribution is 6.61. The predicted octanol–water partition coefficient (Wildman–Crippen LogP) is 10.4. The molecule has 3 nitrogen and oxygen atoms in total. The van der Waals surface area contributed by atoms with Crippen LogP contribution in [-0.2, 0) is 9.31 Å². The first kappa shape index (κ1) is 29.4. The van der Waals surface area contributed by atoms with Gasteiger partial charge in [0.05, 0.1) is 16.8 Å². The summed E-state index contributed by atoms with van der Waals surface area (Å²) in [4.78, 5) is 4.92. The van der Waals surface area contributed by atoms with Gasteiger partial charge in [-0.2, -0.15) is 0 Å². The fraction of sp³-hybridized carbons (Fsp3) is 0.140. The Morgan fingerprint density at radius 1 is 0.426 bits per heavy atom. The lowest BCUT2D eigenvalue weighted by Gasteiger charge is -2.32. The molecule has 2 heterocycles. The average molecular weight is 610 g/mol. The summed E-state index contributed by atoms with van der Waals surface area (Å²) in [6.45, 7) is 8.28. The van der Waals surface area contributed by atoms with Gasteiger partial charge in [-0.05, 0) is 100 Å². The Bertz CT molecular complexity index is 2210. The van der Waals surface area contributed by atoms with Gasteiger partial charge in [-0.3, -0.25) is 4.98 Å². The Hall–Kier alpha value is -5.03. The second-order valence-corrected chi connectivity index (χ2v) is 13.4. The molecule has 8 rings (SSSR count). The zero-order valence-electron chi connectivity index (χ0n) is 27.2. The second kappa shape index (κ2) is 11.3. The lowest BCUT2D eigenvalue weighted by atomic mass is 9.82. The van der Waals surface area contributed by atoms with E-state index in [9.17, 15) is 0 Å². The number of aromatic nitrogens is 1. The van der Waals surface area contributed by atoms with E-state index in [1.165, 1.54) is 60.5 Å². The first-order valence-corrected chi connectivity index (χ1v) is 16.3. The van der Waals surface area contributed by atoms with E-state index in [-0.39, 0.29) is 0 Å². The van der Waals surface area contributed by atoms with Crippen molar-refractivity contribution in [2.75, 3.05) is 0 Å². The molecule has 4 heteroatoms. The number of rotatable bonds is 5. The van der Waals surface area contributed by atoms with Crippen molar-refractivity contribution >= 4 is 34.3 Å². The molecule has 0 saturated carbocycles. The molecule has 0 atom stereocenters. The van der Waals surface area contributed by atoms with Gasteiger partial charge in [-0.15, -0.1) is 0 Å². The maximum atomic E-state index is 6.31. The van der Waals surface area contributed by atoms with Crippen LogP contribution >= 0.6 is 0 Å². The van der Waals surface area contributed by atoms with E-state index in [0.717, 1.165) is 11.2 Å². The quantitative estimate of drug-likeness (QED) is 0.144. The van der Waals surface area contributed by atoms with Crippen LogP contribution < -0.4 is 5.59 Å². The highest BCUT2D eigenvalue weighted by Crippen LogP contribution is 2.45. The standard InChI is InChI=1S/C43H36BNO2/c1-42(2)43(3,4)47-44(46-42)39-26-24-34(28-45-39)41-36-18-12-11-17-35(36)40(32-21-19-31(20-22-32)29-13-7-5-8-14-29)38-27-33(23-25-37(38)41)30-15-9-6-10-16-30/h5-28H,1-4H3. The third-order valence-electron chi connectivity index (χ3n) is 9.98. The van der Waals surface area contributed by atoms with Crippen LogP contribution in [0.2, 0.25) is 0 Å². The number of nitrogens with zero attached hydrogens (tertiary/aromatic N) is 1. The van der Waals surface area contributed by atoms with Crippen molar-refractivity contribution < 1.29 is 9.31 Å². The molecule has 6 aromatic carbocycles. The molecule has 1 aliphatic heterocycles. The Balaban J connectivity index is 1.32. The summed E-state index contributed by atoms with van der Waals surface area (Å²) in [6, 6.07) is 50.0. The normalized spacial score (nSPS) is 15.4. The van der Waals surface area contributed by atoms with Gasteiger partial charge in [0.2, 0.25) is 0 Å². The summed E-state index contributed by atoms with van der Waals surface area (Å²) >= 11 is 0. The van der Waals surface area contributed by atoms with Crippen LogP contribution in [-0.4, -0.2) is 23.3 Å². The third kappa shape index (κ3) is 5.15. The van der Waals surface area contributed by atoms with E-state index >= 15 is 0 Å². The van der Waals surface area contributed by atoms with Crippen molar-refractivity contribution in [2.45, 2.75) is 38.9 Å². The van der Waals surface area contributed by atoms with E-state index in [1.54, 1.807) is 0 Å². The van der Waals surface area contributed by atoms with Gasteiger partial charge < -0.3 is 9.31 Å². The lowest BCUT2D eigenvalue weighted by molar-refractivity contribution is 0.00578. The molecule has 0 bridgehead atoms. The zero-order chi connectivity index (χ0) is 32.2. The Morgan fingerprint density at radius 3 is 1.45 bits per heavy atom. The van der Waals surface area contributed by atoms with Crippen molar-refractivity contribution in [3.05, 3.63) is 146 Å². The molecule has 1 saturated heterocycles. The Morgan fingerprint density at radius 2 is 0.872 bits per heavy atom. The van der Waals surface area contributed by atoms with Gasteiger partial charge in [0, 0.05) is 11.8 Å². The molecule has 47 heavy (non-hydrogen) atoms. The molecular weight excluding hydrogens is 573 g/mol. The van der Waals surface area contributed by atoms with Crippen LogP contribution in [0.15, 0.2) is 146 Å². The summed E-state index contributed by atoms with van der Waals surface area (Å²) in [5, 5.41) is 4.81. The van der Waals surface area contributed by atoms with Crippen LogP contribution in [0.1, 0.15) is 27.7 Å². The van der Waals surface area contributed by atoms with Crippen LogP contribution in [0, 0.1) is 0 Å². The van der Waals surface area contributed by atoms with E-state index in [4.69, 9.17) is 14.3 Å². The van der Waals surface area contributed by atoms with E-state index in [1.807, 2.05) is 12.3 Å². The van der Waals surface area contributed by atoms with E-state index in [0.29, 0.717) is 0 Å².